The van der Waals surface area contributed by atoms with Gasteiger partial charge in [0.15, 0.2) is 0 Å². The normalized spacial score (nSPS) is 11.7. The highest BCUT2D eigenvalue weighted by Gasteiger charge is 2.24. The number of hydrogen-bond donors (Lipinski definition) is 1. The van der Waals surface area contributed by atoms with Gasteiger partial charge in [-0.05, 0) is 109 Å². The van der Waals surface area contributed by atoms with Crippen LogP contribution < -0.4 is 18.9 Å². The van der Waals surface area contributed by atoms with Crippen LogP contribution in [0, 0.1) is 13.8 Å². The van der Waals surface area contributed by atoms with E-state index >= 15 is 0 Å². The molecule has 0 spiro atoms. The highest BCUT2D eigenvalue weighted by atomic mass is 16.5. The number of nitrogens with zero attached hydrogens (tertiary/aromatic N) is 2. The second-order valence-corrected chi connectivity index (χ2v) is 17.7. The van der Waals surface area contributed by atoms with E-state index in [1.165, 1.54) is 37.0 Å². The molecule has 73 heavy (non-hydrogen) atoms. The van der Waals surface area contributed by atoms with Crippen molar-refractivity contribution in [3.63, 3.8) is 0 Å². The molecule has 0 aliphatic heterocycles. The molecule has 2 atom stereocenters. The summed E-state index contributed by atoms with van der Waals surface area (Å²) in [5.41, 5.74) is 10.6. The van der Waals surface area contributed by atoms with E-state index in [1.54, 1.807) is 6.20 Å². The van der Waals surface area contributed by atoms with Gasteiger partial charge in [0, 0.05) is 11.1 Å². The lowest BCUT2D eigenvalue weighted by Crippen LogP contribution is -2.10. The molecular weight excluding hydrogens is 921 g/mol. The van der Waals surface area contributed by atoms with Crippen LogP contribution in [0.15, 0.2) is 167 Å². The molecule has 0 amide bonds. The lowest BCUT2D eigenvalue weighted by molar-refractivity contribution is -0.141. The lowest BCUT2D eigenvalue weighted by Gasteiger charge is -2.14. The van der Waals surface area contributed by atoms with Gasteiger partial charge in [-0.3, -0.25) is 9.59 Å². The number of rotatable bonds is 24. The quantitative estimate of drug-likeness (QED) is 0.0453. The number of unbranched alkanes of at least 4 members (excludes halogenated alkanes) is 2. The Kier molecular flexibility index (Phi) is 19.4. The third-order valence-electron chi connectivity index (χ3n) is 12.2. The van der Waals surface area contributed by atoms with E-state index < -0.39 is 11.9 Å². The van der Waals surface area contributed by atoms with Gasteiger partial charge in [-0.15, -0.1) is 0 Å². The molecule has 378 valence electrons. The Morgan fingerprint density at radius 1 is 0.548 bits per heavy atom. The number of aryl methyl sites for hydroxylation is 2. The van der Waals surface area contributed by atoms with Crippen molar-refractivity contribution < 1.29 is 47.2 Å². The molecule has 12 nitrogen and oxygen atoms in total. The van der Waals surface area contributed by atoms with Crippen LogP contribution in [0.2, 0.25) is 0 Å². The molecule has 0 bridgehead atoms. The molecule has 0 saturated heterocycles. The largest absolute Gasteiger partial charge is 0.493 e. The Morgan fingerprint density at radius 2 is 0.973 bits per heavy atom. The van der Waals surface area contributed by atoms with Crippen LogP contribution >= 0.6 is 0 Å². The highest BCUT2D eigenvalue weighted by molar-refractivity contribution is 5.73. The summed E-state index contributed by atoms with van der Waals surface area (Å²) in [7, 11) is 1.37. The minimum Gasteiger partial charge on any atom is -0.493 e. The third kappa shape index (κ3) is 15.4. The molecule has 1 N–H and O–H groups in total. The monoisotopic (exact) mass is 984 g/mol. The fourth-order valence-electron chi connectivity index (χ4n) is 8.06. The number of carbonyl (C=O) groups is 2. The average Bonchev–Trinajstić information content (AvgIpc) is 4.17. The molecule has 2 aromatic heterocycles. The molecule has 12 heteroatoms. The summed E-state index contributed by atoms with van der Waals surface area (Å²) >= 11 is 0. The number of aromatic nitrogens is 2. The first-order valence-electron chi connectivity index (χ1n) is 24.8. The van der Waals surface area contributed by atoms with Crippen LogP contribution in [0.4, 0.5) is 0 Å². The summed E-state index contributed by atoms with van der Waals surface area (Å²) in [4.78, 5) is 31.6. The van der Waals surface area contributed by atoms with Crippen molar-refractivity contribution in [1.82, 2.24) is 9.97 Å². The molecule has 0 aliphatic rings. The van der Waals surface area contributed by atoms with Crippen LogP contribution in [-0.2, 0) is 27.5 Å². The summed E-state index contributed by atoms with van der Waals surface area (Å²) < 4.78 is 39.7. The SMILES string of the molecule is CCCCOc1ccc(C)cc1-c1ccc(COc2ccc(C(CC(=O)O)c3ncco3)cc2)cc1.CCCCOc1ccc(C)cc1-c1ccc(COc2ccc(C(CC(=O)OC)c3ncco3)cc2)cc1. The van der Waals surface area contributed by atoms with E-state index in [1.807, 2.05) is 54.6 Å². The standard InChI is InChI=1S/C31H33NO5.C30H31NO5/c1-4-5-17-35-29-15-6-22(2)19-27(29)24-9-7-23(8-10-24)21-37-26-13-11-25(12-14-26)28(20-30(33)34-3)31-32-16-18-36-31;1-3-4-16-34-28-14-5-21(2)18-26(28)23-8-6-22(7-9-23)20-36-25-12-10-24(11-13-25)27(19-29(32)33)30-31-15-17-35-30/h6-16,18-19,28H,4-5,17,20-21H2,1-3H3;5-15,17-18,27H,3-4,16,19-20H2,1-2H3,(H,32,33). The van der Waals surface area contributed by atoms with Gasteiger partial charge in [0.1, 0.15) is 48.7 Å². The van der Waals surface area contributed by atoms with Crippen molar-refractivity contribution in [1.29, 1.82) is 0 Å². The zero-order valence-corrected chi connectivity index (χ0v) is 42.3. The molecule has 6 aromatic carbocycles. The highest BCUT2D eigenvalue weighted by Crippen LogP contribution is 2.35. The van der Waals surface area contributed by atoms with E-state index in [0.717, 1.165) is 94.0 Å². The number of benzene rings is 6. The first kappa shape index (κ1) is 52.7. The predicted octanol–water partition coefficient (Wildman–Crippen LogP) is 14.1. The second kappa shape index (κ2) is 26.9. The summed E-state index contributed by atoms with van der Waals surface area (Å²) in [6.45, 7) is 10.8. The smallest absolute Gasteiger partial charge is 0.306 e. The van der Waals surface area contributed by atoms with E-state index in [-0.39, 0.29) is 24.7 Å². The molecular formula is C61H64N2O10. The van der Waals surface area contributed by atoms with Gasteiger partial charge in [0.05, 0.1) is 57.4 Å². The number of aliphatic carboxylic acids is 1. The molecule has 0 aliphatic carbocycles. The van der Waals surface area contributed by atoms with E-state index in [2.05, 4.69) is 117 Å². The van der Waals surface area contributed by atoms with E-state index in [9.17, 15) is 14.7 Å². The first-order chi connectivity index (χ1) is 35.6. The van der Waals surface area contributed by atoms with Gasteiger partial charge in [0.2, 0.25) is 11.8 Å². The molecule has 0 fully saturated rings. The van der Waals surface area contributed by atoms with E-state index in [0.29, 0.717) is 37.4 Å². The molecule has 8 aromatic rings. The van der Waals surface area contributed by atoms with Gasteiger partial charge in [0.25, 0.3) is 0 Å². The summed E-state index contributed by atoms with van der Waals surface area (Å²) in [6, 6.07) is 44.3. The van der Waals surface area contributed by atoms with Crippen LogP contribution in [0.1, 0.15) is 109 Å². The van der Waals surface area contributed by atoms with Crippen molar-refractivity contribution in [3.05, 3.63) is 204 Å². The van der Waals surface area contributed by atoms with Crippen LogP contribution in [-0.4, -0.2) is 47.3 Å². The molecule has 8 rings (SSSR count). The van der Waals surface area contributed by atoms with Gasteiger partial charge >= 0.3 is 11.9 Å². The zero-order chi connectivity index (χ0) is 51.4. The van der Waals surface area contributed by atoms with Gasteiger partial charge in [-0.1, -0.05) is 123 Å². The summed E-state index contributed by atoms with van der Waals surface area (Å²) in [5.74, 6) is 2.13. The first-order valence-corrected chi connectivity index (χ1v) is 24.8. The number of carboxylic acid groups (broad SMARTS) is 1. The number of carboxylic acids is 1. The number of oxazole rings is 2. The fourth-order valence-corrected chi connectivity index (χ4v) is 8.06. The fraction of sp³-hybridized carbons (Fsp3) is 0.279. The Hall–Kier alpha value is -8.12. The molecule has 0 saturated carbocycles. The Labute approximate surface area is 427 Å². The predicted molar refractivity (Wildman–Crippen MR) is 281 cm³/mol. The number of methoxy groups -OCH3 is 1. The van der Waals surface area contributed by atoms with Crippen LogP contribution in [0.3, 0.4) is 0 Å². The molecule has 0 radical (unpaired) electrons. The number of carbonyl (C=O) groups excluding carboxylic acids is 1. The maximum Gasteiger partial charge on any atom is 0.306 e. The van der Waals surface area contributed by atoms with Crippen molar-refractivity contribution in [3.8, 4) is 45.3 Å². The third-order valence-corrected chi connectivity index (χ3v) is 12.2. The number of esters is 1. The van der Waals surface area contributed by atoms with Gasteiger partial charge in [-0.25, -0.2) is 9.97 Å². The minimum absolute atomic E-state index is 0.0979. The van der Waals surface area contributed by atoms with Crippen molar-refractivity contribution in [2.75, 3.05) is 20.3 Å². The maximum absolute atomic E-state index is 11.9. The Balaban J connectivity index is 0.000000214. The number of hydrogen-bond acceptors (Lipinski definition) is 11. The Morgan fingerprint density at radius 3 is 1.34 bits per heavy atom. The summed E-state index contributed by atoms with van der Waals surface area (Å²) in [5, 5.41) is 9.28. The second-order valence-electron chi connectivity index (χ2n) is 17.7. The van der Waals surface area contributed by atoms with Crippen molar-refractivity contribution in [2.45, 2.75) is 91.3 Å². The molecule has 2 unspecified atom stereocenters. The van der Waals surface area contributed by atoms with Crippen LogP contribution in [0.25, 0.3) is 22.3 Å². The minimum atomic E-state index is -0.910. The topological polar surface area (TPSA) is 153 Å². The van der Waals surface area contributed by atoms with Crippen molar-refractivity contribution >= 4 is 11.9 Å². The maximum atomic E-state index is 11.9. The van der Waals surface area contributed by atoms with Gasteiger partial charge < -0.3 is 37.6 Å². The van der Waals surface area contributed by atoms with Crippen molar-refractivity contribution in [2.24, 2.45) is 0 Å². The van der Waals surface area contributed by atoms with Gasteiger partial charge in [-0.2, -0.15) is 0 Å². The number of ether oxygens (including phenoxy) is 5. The van der Waals surface area contributed by atoms with Crippen LogP contribution in [0.5, 0.6) is 23.0 Å². The average molecular weight is 985 g/mol. The Bertz CT molecular complexity index is 2920. The lowest BCUT2D eigenvalue weighted by atomic mass is 9.95. The molecule has 2 heterocycles. The van der Waals surface area contributed by atoms with E-state index in [4.69, 9.17) is 32.5 Å². The zero-order valence-electron chi connectivity index (χ0n) is 42.3. The summed E-state index contributed by atoms with van der Waals surface area (Å²) in [6.07, 6.45) is 10.4.